The number of nitrogens with one attached hydrogen (secondary N) is 1. The summed E-state index contributed by atoms with van der Waals surface area (Å²) in [5, 5.41) is 13.9. The molecule has 0 aliphatic rings. The third kappa shape index (κ3) is 5.58. The van der Waals surface area contributed by atoms with E-state index in [9.17, 15) is 18.3 Å². The van der Waals surface area contributed by atoms with Gasteiger partial charge in [-0.2, -0.15) is 13.2 Å². The lowest BCUT2D eigenvalue weighted by molar-refractivity contribution is -0.271. The second-order valence-corrected chi connectivity index (χ2v) is 7.14. The van der Waals surface area contributed by atoms with E-state index in [1.165, 1.54) is 19.2 Å². The number of anilines is 1. The molecule has 0 aliphatic heterocycles. The molecule has 5 nitrogen and oxygen atoms in total. The van der Waals surface area contributed by atoms with Crippen LogP contribution in [-0.2, 0) is 5.60 Å². The molecule has 2 N–H and O–H groups in total. The highest BCUT2D eigenvalue weighted by atomic mass is 19.4. The molecular weight excluding hydrogens is 397 g/mol. The average molecular weight is 426 g/mol. The number of methoxy groups -OCH3 is 1. The van der Waals surface area contributed by atoms with E-state index >= 15 is 0 Å². The number of alkyl halides is 3. The zero-order valence-corrected chi connectivity index (χ0v) is 17.7. The highest BCUT2D eigenvalue weighted by Gasteiger charge is 2.56. The molecule has 0 saturated carbocycles. The molecule has 166 valence electrons. The van der Waals surface area contributed by atoms with Gasteiger partial charge in [-0.3, -0.25) is 4.90 Å². The molecular formula is C22H29F3N2O3. The number of ether oxygens (including phenoxy) is 2. The number of aryl methyl sites for hydroxylation is 1. The Bertz CT molecular complexity index is 815. The molecule has 0 heterocycles. The molecule has 0 aromatic heterocycles. The van der Waals surface area contributed by atoms with E-state index in [4.69, 9.17) is 9.47 Å². The van der Waals surface area contributed by atoms with Gasteiger partial charge in [0.1, 0.15) is 11.5 Å². The van der Waals surface area contributed by atoms with Crippen LogP contribution in [0.3, 0.4) is 0 Å². The summed E-state index contributed by atoms with van der Waals surface area (Å²) in [5.41, 5.74) is -2.24. The van der Waals surface area contributed by atoms with Gasteiger partial charge < -0.3 is 19.9 Å². The summed E-state index contributed by atoms with van der Waals surface area (Å²) >= 11 is 0. The van der Waals surface area contributed by atoms with Crippen LogP contribution in [-0.4, -0.2) is 50.2 Å². The lowest BCUT2D eigenvalue weighted by atomic mass is 9.87. The lowest BCUT2D eigenvalue weighted by Gasteiger charge is -2.33. The number of nitrogens with zero attached hydrogens (tertiary/aromatic N) is 1. The van der Waals surface area contributed by atoms with Crippen molar-refractivity contribution in [3.8, 4) is 11.5 Å². The molecule has 0 aliphatic carbocycles. The number of halogens is 3. The third-order valence-electron chi connectivity index (χ3n) is 5.02. The zero-order valence-electron chi connectivity index (χ0n) is 17.7. The Morgan fingerprint density at radius 3 is 2.37 bits per heavy atom. The van der Waals surface area contributed by atoms with Gasteiger partial charge in [0.2, 0.25) is 0 Å². The molecule has 0 spiro atoms. The predicted octanol–water partition coefficient (Wildman–Crippen LogP) is 4.54. The summed E-state index contributed by atoms with van der Waals surface area (Å²) in [4.78, 5) is 2.01. The minimum absolute atomic E-state index is 0.0400. The van der Waals surface area contributed by atoms with Crippen LogP contribution in [0.5, 0.6) is 11.5 Å². The van der Waals surface area contributed by atoms with Crippen LogP contribution >= 0.6 is 0 Å². The van der Waals surface area contributed by atoms with Crippen molar-refractivity contribution in [3.63, 3.8) is 0 Å². The summed E-state index contributed by atoms with van der Waals surface area (Å²) in [6.07, 6.45) is -5.59. The minimum atomic E-state index is -4.91. The van der Waals surface area contributed by atoms with Crippen molar-refractivity contribution in [3.05, 3.63) is 53.6 Å². The van der Waals surface area contributed by atoms with E-state index in [0.29, 0.717) is 23.7 Å². The highest BCUT2D eigenvalue weighted by Crippen LogP contribution is 2.46. The fraction of sp³-hybridized carbons (Fsp3) is 0.455. The molecule has 8 heteroatoms. The maximum absolute atomic E-state index is 14.0. The number of rotatable bonds is 10. The van der Waals surface area contributed by atoms with Crippen molar-refractivity contribution >= 4 is 5.69 Å². The fourth-order valence-electron chi connectivity index (χ4n) is 2.96. The summed E-state index contributed by atoms with van der Waals surface area (Å²) < 4.78 is 52.6. The van der Waals surface area contributed by atoms with E-state index in [0.717, 1.165) is 6.54 Å². The van der Waals surface area contributed by atoms with Gasteiger partial charge >= 0.3 is 6.18 Å². The first-order chi connectivity index (χ1) is 14.1. The quantitative estimate of drug-likeness (QED) is 0.546. The van der Waals surface area contributed by atoms with Crippen molar-refractivity contribution < 1.29 is 27.8 Å². The normalized spacial score (nSPS) is 13.8. The molecule has 0 bridgehead atoms. The first-order valence-corrected chi connectivity index (χ1v) is 9.70. The summed E-state index contributed by atoms with van der Waals surface area (Å²) in [6, 6.07) is 11.3. The Kier molecular flexibility index (Phi) is 7.97. The maximum atomic E-state index is 14.0. The number of hydrogen-bond acceptors (Lipinski definition) is 5. The molecule has 2 aromatic rings. The van der Waals surface area contributed by atoms with Crippen molar-refractivity contribution in [2.45, 2.75) is 32.0 Å². The second-order valence-electron chi connectivity index (χ2n) is 7.14. The number of para-hydroxylation sites is 1. The molecule has 0 radical (unpaired) electrons. The molecule has 30 heavy (non-hydrogen) atoms. The molecule has 1 atom stereocenters. The van der Waals surface area contributed by atoms with Crippen molar-refractivity contribution in [1.82, 2.24) is 4.90 Å². The fourth-order valence-corrected chi connectivity index (χ4v) is 2.96. The van der Waals surface area contributed by atoms with Gasteiger partial charge in [0.05, 0.1) is 20.4 Å². The van der Waals surface area contributed by atoms with Gasteiger partial charge in [-0.05, 0) is 44.3 Å². The molecule has 2 rings (SSSR count). The largest absolute Gasteiger partial charge is 0.496 e. The van der Waals surface area contributed by atoms with Gasteiger partial charge in [-0.1, -0.05) is 25.1 Å². The molecule has 0 saturated heterocycles. The summed E-state index contributed by atoms with van der Waals surface area (Å²) in [7, 11) is 3.20. The monoisotopic (exact) mass is 426 g/mol. The van der Waals surface area contributed by atoms with E-state index in [-0.39, 0.29) is 17.9 Å². The van der Waals surface area contributed by atoms with Gasteiger partial charge in [-0.15, -0.1) is 0 Å². The topological polar surface area (TPSA) is 54.0 Å². The summed E-state index contributed by atoms with van der Waals surface area (Å²) in [6.45, 7) is 4.71. The SMILES string of the molecule is CCN(C)CNc1cc(OC)c(C(O)(CCOc2ccccc2)C(F)(F)F)cc1C. The van der Waals surface area contributed by atoms with E-state index < -0.39 is 18.2 Å². The molecule has 0 amide bonds. The Morgan fingerprint density at radius 1 is 1.13 bits per heavy atom. The maximum Gasteiger partial charge on any atom is 0.421 e. The van der Waals surface area contributed by atoms with Crippen LogP contribution in [0.4, 0.5) is 18.9 Å². The van der Waals surface area contributed by atoms with Crippen molar-refractivity contribution in [2.24, 2.45) is 0 Å². The molecule has 0 fully saturated rings. The smallest absolute Gasteiger partial charge is 0.421 e. The van der Waals surface area contributed by atoms with Crippen LogP contribution in [0, 0.1) is 6.92 Å². The summed E-state index contributed by atoms with van der Waals surface area (Å²) in [5.74, 6) is 0.395. The van der Waals surface area contributed by atoms with E-state index in [1.807, 2.05) is 18.9 Å². The molecule has 2 aromatic carbocycles. The number of aliphatic hydroxyl groups is 1. The third-order valence-corrected chi connectivity index (χ3v) is 5.02. The first kappa shape index (κ1) is 23.8. The first-order valence-electron chi connectivity index (χ1n) is 9.70. The van der Waals surface area contributed by atoms with Crippen molar-refractivity contribution in [1.29, 1.82) is 0 Å². The highest BCUT2D eigenvalue weighted by molar-refractivity contribution is 5.59. The van der Waals surface area contributed by atoms with Gasteiger partial charge in [0, 0.05) is 23.7 Å². The minimum Gasteiger partial charge on any atom is -0.496 e. The van der Waals surface area contributed by atoms with Crippen molar-refractivity contribution in [2.75, 3.05) is 39.3 Å². The zero-order chi connectivity index (χ0) is 22.4. The lowest BCUT2D eigenvalue weighted by Crippen LogP contribution is -2.44. The van der Waals surface area contributed by atoms with Gasteiger partial charge in [-0.25, -0.2) is 0 Å². The Labute approximate surface area is 175 Å². The van der Waals surface area contributed by atoms with E-state index in [2.05, 4.69) is 5.32 Å². The van der Waals surface area contributed by atoms with E-state index in [1.54, 1.807) is 37.3 Å². The second kappa shape index (κ2) is 10.0. The van der Waals surface area contributed by atoms with Crippen LogP contribution in [0.1, 0.15) is 24.5 Å². The number of benzene rings is 2. The molecule has 1 unspecified atom stereocenters. The Hall–Kier alpha value is -2.45. The van der Waals surface area contributed by atoms with Crippen LogP contribution in [0.15, 0.2) is 42.5 Å². The van der Waals surface area contributed by atoms with Crippen LogP contribution in [0.2, 0.25) is 0 Å². The average Bonchev–Trinajstić information content (AvgIpc) is 2.72. The Balaban J connectivity index is 2.32. The van der Waals surface area contributed by atoms with Gasteiger partial charge in [0.25, 0.3) is 0 Å². The standard InChI is InChI=1S/C22H29F3N2O3/c1-5-27(3)15-26-19-14-20(29-4)18(13-16(19)2)21(28,22(23,24)25)11-12-30-17-9-7-6-8-10-17/h6-10,13-14,26,28H,5,11-12,15H2,1-4H3. The Morgan fingerprint density at radius 2 is 1.80 bits per heavy atom. The van der Waals surface area contributed by atoms with Crippen LogP contribution in [0.25, 0.3) is 0 Å². The van der Waals surface area contributed by atoms with Crippen LogP contribution < -0.4 is 14.8 Å². The number of hydrogen-bond donors (Lipinski definition) is 2. The van der Waals surface area contributed by atoms with Gasteiger partial charge in [0.15, 0.2) is 5.60 Å². The predicted molar refractivity (Wildman–Crippen MR) is 111 cm³/mol.